The Balaban J connectivity index is 2.22. The molecule has 0 aliphatic carbocycles. The number of hydrogen-bond acceptors (Lipinski definition) is 4. The van der Waals surface area contributed by atoms with E-state index in [4.69, 9.17) is 11.6 Å². The molecule has 3 rings (SSSR count). The number of aromatic nitrogens is 3. The van der Waals surface area contributed by atoms with Gasteiger partial charge in [0, 0.05) is 16.6 Å². The van der Waals surface area contributed by atoms with Crippen LogP contribution in [0.15, 0.2) is 24.0 Å². The van der Waals surface area contributed by atoms with Crippen LogP contribution >= 0.6 is 22.9 Å². The van der Waals surface area contributed by atoms with Crippen molar-refractivity contribution in [3.05, 3.63) is 45.1 Å². The van der Waals surface area contributed by atoms with Crippen molar-refractivity contribution in [2.24, 2.45) is 0 Å². The monoisotopic (exact) mass is 277 g/mol. The summed E-state index contributed by atoms with van der Waals surface area (Å²) in [5.74, 6) is -0.0586. The quantitative estimate of drug-likeness (QED) is 0.578. The summed E-state index contributed by atoms with van der Waals surface area (Å²) in [6.07, 6.45) is 3.00. The molecule has 1 N–H and O–H groups in total. The molecule has 0 aliphatic rings. The largest absolute Gasteiger partial charge is 0.345 e. The number of nitrogens with one attached hydrogen (secondary N) is 1. The van der Waals surface area contributed by atoms with Crippen LogP contribution in [0, 0.1) is 6.92 Å². The smallest absolute Gasteiger partial charge is 0.196 e. The molecule has 18 heavy (non-hydrogen) atoms. The summed E-state index contributed by atoms with van der Waals surface area (Å²) in [5, 5.41) is 2.77. The third kappa shape index (κ3) is 1.63. The average molecular weight is 278 g/mol. The van der Waals surface area contributed by atoms with Crippen LogP contribution < -0.4 is 0 Å². The van der Waals surface area contributed by atoms with Gasteiger partial charge in [0.05, 0.1) is 10.9 Å². The van der Waals surface area contributed by atoms with Gasteiger partial charge in [-0.1, -0.05) is 11.6 Å². The Kier molecular flexibility index (Phi) is 2.65. The van der Waals surface area contributed by atoms with Gasteiger partial charge in [-0.15, -0.1) is 11.3 Å². The maximum absolute atomic E-state index is 12.4. The third-order valence-corrected chi connectivity index (χ3v) is 3.90. The number of nitrogens with zero attached hydrogens (tertiary/aromatic N) is 2. The number of aryl methyl sites for hydroxylation is 1. The molecule has 3 aromatic rings. The molecule has 0 spiro atoms. The van der Waals surface area contributed by atoms with E-state index in [9.17, 15) is 4.79 Å². The molecule has 0 saturated carbocycles. The fraction of sp³-hybridized carbons (Fsp3) is 0.0833. The molecular formula is C12H8ClN3OS. The summed E-state index contributed by atoms with van der Waals surface area (Å²) < 4.78 is 0. The van der Waals surface area contributed by atoms with Crippen LogP contribution in [0.5, 0.6) is 0 Å². The molecular weight excluding hydrogens is 270 g/mol. The predicted octanol–water partition coefficient (Wildman–Crippen LogP) is 3.21. The second-order valence-electron chi connectivity index (χ2n) is 3.81. The number of halogens is 1. The zero-order valence-electron chi connectivity index (χ0n) is 9.40. The van der Waals surface area contributed by atoms with Crippen molar-refractivity contribution >= 4 is 39.8 Å². The summed E-state index contributed by atoms with van der Waals surface area (Å²) >= 11 is 7.57. The zero-order chi connectivity index (χ0) is 12.7. The molecule has 90 valence electrons. The fourth-order valence-electron chi connectivity index (χ4n) is 1.87. The number of rotatable bonds is 2. The number of aromatic amines is 1. The lowest BCUT2D eigenvalue weighted by atomic mass is 10.1. The highest BCUT2D eigenvalue weighted by Crippen LogP contribution is 2.27. The van der Waals surface area contributed by atoms with E-state index < -0.39 is 0 Å². The lowest BCUT2D eigenvalue weighted by Gasteiger charge is -1.99. The maximum Gasteiger partial charge on any atom is 0.196 e. The Morgan fingerprint density at radius 3 is 2.94 bits per heavy atom. The van der Waals surface area contributed by atoms with Crippen LogP contribution in [0.2, 0.25) is 5.15 Å². The molecule has 0 amide bonds. The zero-order valence-corrected chi connectivity index (χ0v) is 11.0. The molecule has 0 bridgehead atoms. The van der Waals surface area contributed by atoms with Crippen LogP contribution in [0.4, 0.5) is 0 Å². The minimum absolute atomic E-state index is 0.0586. The van der Waals surface area contributed by atoms with Gasteiger partial charge in [-0.3, -0.25) is 4.79 Å². The number of hydrogen-bond donors (Lipinski definition) is 1. The third-order valence-electron chi connectivity index (χ3n) is 2.77. The molecule has 0 aromatic carbocycles. The van der Waals surface area contributed by atoms with E-state index in [2.05, 4.69) is 15.0 Å². The van der Waals surface area contributed by atoms with Gasteiger partial charge in [-0.2, -0.15) is 0 Å². The first-order valence-electron chi connectivity index (χ1n) is 5.25. The molecule has 0 fully saturated rings. The topological polar surface area (TPSA) is 58.6 Å². The molecule has 3 heterocycles. The van der Waals surface area contributed by atoms with Gasteiger partial charge in [0.1, 0.15) is 17.1 Å². The van der Waals surface area contributed by atoms with E-state index in [0.29, 0.717) is 22.2 Å². The van der Waals surface area contributed by atoms with E-state index in [1.165, 1.54) is 6.33 Å². The Morgan fingerprint density at radius 2 is 2.22 bits per heavy atom. The van der Waals surface area contributed by atoms with Gasteiger partial charge in [0.25, 0.3) is 0 Å². The van der Waals surface area contributed by atoms with Crippen molar-refractivity contribution in [1.82, 2.24) is 15.0 Å². The van der Waals surface area contributed by atoms with E-state index in [-0.39, 0.29) is 10.9 Å². The van der Waals surface area contributed by atoms with Crippen molar-refractivity contribution in [2.75, 3.05) is 0 Å². The van der Waals surface area contributed by atoms with Crippen LogP contribution in [-0.2, 0) is 0 Å². The standard InChI is InChI=1S/C12H8ClN3OS/c1-6-7(2-3-18-6)10(17)8-4-14-12-9(8)11(13)15-5-16-12/h2-5H,1H3,(H,14,15,16). The minimum atomic E-state index is -0.0586. The Morgan fingerprint density at radius 1 is 1.39 bits per heavy atom. The second kappa shape index (κ2) is 4.19. The van der Waals surface area contributed by atoms with Crippen LogP contribution in [0.1, 0.15) is 20.8 Å². The highest BCUT2D eigenvalue weighted by molar-refractivity contribution is 7.10. The molecule has 6 heteroatoms. The maximum atomic E-state index is 12.4. The Labute approximate surface area is 112 Å². The van der Waals surface area contributed by atoms with Crippen molar-refractivity contribution in [1.29, 1.82) is 0 Å². The first-order valence-corrected chi connectivity index (χ1v) is 6.50. The highest BCUT2D eigenvalue weighted by atomic mass is 35.5. The number of carbonyl (C=O) groups is 1. The van der Waals surface area contributed by atoms with Gasteiger partial charge in [-0.05, 0) is 18.4 Å². The van der Waals surface area contributed by atoms with Gasteiger partial charge >= 0.3 is 0 Å². The minimum Gasteiger partial charge on any atom is -0.345 e. The summed E-state index contributed by atoms with van der Waals surface area (Å²) in [4.78, 5) is 24.3. The highest BCUT2D eigenvalue weighted by Gasteiger charge is 2.19. The molecule has 0 radical (unpaired) electrons. The van der Waals surface area contributed by atoms with Crippen LogP contribution in [0.25, 0.3) is 11.0 Å². The van der Waals surface area contributed by atoms with Crippen LogP contribution in [-0.4, -0.2) is 20.7 Å². The van der Waals surface area contributed by atoms with Crippen molar-refractivity contribution in [3.8, 4) is 0 Å². The predicted molar refractivity (Wildman–Crippen MR) is 71.4 cm³/mol. The van der Waals surface area contributed by atoms with E-state index in [1.54, 1.807) is 17.5 Å². The molecule has 0 aliphatic heterocycles. The van der Waals surface area contributed by atoms with E-state index in [0.717, 1.165) is 4.88 Å². The van der Waals surface area contributed by atoms with Gasteiger partial charge < -0.3 is 4.98 Å². The normalized spacial score (nSPS) is 11.0. The van der Waals surface area contributed by atoms with Gasteiger partial charge in [-0.25, -0.2) is 9.97 Å². The lowest BCUT2D eigenvalue weighted by molar-refractivity contribution is 0.104. The van der Waals surface area contributed by atoms with Gasteiger partial charge in [0.2, 0.25) is 0 Å². The lowest BCUT2D eigenvalue weighted by Crippen LogP contribution is -2.00. The molecule has 3 aromatic heterocycles. The van der Waals surface area contributed by atoms with Crippen molar-refractivity contribution in [3.63, 3.8) is 0 Å². The van der Waals surface area contributed by atoms with Gasteiger partial charge in [0.15, 0.2) is 5.78 Å². The summed E-state index contributed by atoms with van der Waals surface area (Å²) in [6.45, 7) is 1.92. The first-order chi connectivity index (χ1) is 8.68. The summed E-state index contributed by atoms with van der Waals surface area (Å²) in [7, 11) is 0. The van der Waals surface area contributed by atoms with E-state index >= 15 is 0 Å². The van der Waals surface area contributed by atoms with Crippen molar-refractivity contribution in [2.45, 2.75) is 6.92 Å². The second-order valence-corrected chi connectivity index (χ2v) is 5.29. The molecule has 0 atom stereocenters. The Hall–Kier alpha value is -1.72. The fourth-order valence-corrected chi connectivity index (χ4v) is 2.80. The first kappa shape index (κ1) is 11.4. The molecule has 0 unspecified atom stereocenters. The van der Waals surface area contributed by atoms with Crippen molar-refractivity contribution < 1.29 is 4.79 Å². The number of fused-ring (bicyclic) bond motifs is 1. The number of ketones is 1. The number of thiophene rings is 1. The van der Waals surface area contributed by atoms with E-state index in [1.807, 2.05) is 18.4 Å². The number of H-pyrrole nitrogens is 1. The summed E-state index contributed by atoms with van der Waals surface area (Å²) in [6, 6.07) is 1.82. The number of carbonyl (C=O) groups excluding carboxylic acids is 1. The summed E-state index contributed by atoms with van der Waals surface area (Å²) in [5.41, 5.74) is 1.78. The molecule has 4 nitrogen and oxygen atoms in total. The average Bonchev–Trinajstić information content (AvgIpc) is 2.95. The van der Waals surface area contributed by atoms with Crippen LogP contribution in [0.3, 0.4) is 0 Å². The SMILES string of the molecule is Cc1sccc1C(=O)c1c[nH]c2ncnc(Cl)c12. The molecule has 0 saturated heterocycles. The Bertz CT molecular complexity index is 747.